The van der Waals surface area contributed by atoms with Crippen LogP contribution < -0.4 is 0 Å². The summed E-state index contributed by atoms with van der Waals surface area (Å²) < 4.78 is 5.27. The minimum absolute atomic E-state index is 0.111. The number of nitrogens with zero attached hydrogens (tertiary/aromatic N) is 2. The number of amides is 1. The van der Waals surface area contributed by atoms with Crippen LogP contribution in [0.15, 0.2) is 40.3 Å². The molecular weight excluding hydrogens is 272 g/mol. The summed E-state index contributed by atoms with van der Waals surface area (Å²) in [4.78, 5) is 17.3. The van der Waals surface area contributed by atoms with Gasteiger partial charge in [0.2, 0.25) is 5.91 Å². The number of carbonyl (C=O) groups is 1. The summed E-state index contributed by atoms with van der Waals surface area (Å²) in [5.41, 5.74) is 0. The lowest BCUT2D eigenvalue weighted by Gasteiger charge is -2.23. The second-order valence-electron chi connectivity index (χ2n) is 4.71. The average molecular weight is 292 g/mol. The molecule has 0 aromatic carbocycles. The Balaban J connectivity index is 1.85. The van der Waals surface area contributed by atoms with Gasteiger partial charge in [-0.2, -0.15) is 0 Å². The summed E-state index contributed by atoms with van der Waals surface area (Å²) in [6, 6.07) is 7.86. The largest absolute Gasteiger partial charge is 0.467 e. The zero-order valence-corrected chi connectivity index (χ0v) is 12.7. The zero-order valence-electron chi connectivity index (χ0n) is 11.9. The predicted octanol–water partition coefficient (Wildman–Crippen LogP) is 2.82. The SMILES string of the molecule is CCN(CC(=O)N(C)Cc1ccco1)Cc1cccs1. The molecule has 2 aromatic heterocycles. The molecule has 0 saturated heterocycles. The van der Waals surface area contributed by atoms with Gasteiger partial charge >= 0.3 is 0 Å². The highest BCUT2D eigenvalue weighted by Gasteiger charge is 2.15. The number of carbonyl (C=O) groups excluding carboxylic acids is 1. The van der Waals surface area contributed by atoms with Gasteiger partial charge in [-0.3, -0.25) is 9.69 Å². The van der Waals surface area contributed by atoms with E-state index in [1.807, 2.05) is 25.2 Å². The van der Waals surface area contributed by atoms with E-state index >= 15 is 0 Å². The Bertz CT molecular complexity index is 508. The Morgan fingerprint density at radius 1 is 1.30 bits per heavy atom. The van der Waals surface area contributed by atoms with E-state index in [9.17, 15) is 4.79 Å². The molecule has 108 valence electrons. The standard InChI is InChI=1S/C15H20N2O2S/c1-3-17(11-14-7-5-9-20-14)12-15(18)16(2)10-13-6-4-8-19-13/h4-9H,3,10-12H2,1-2H3. The van der Waals surface area contributed by atoms with Crippen molar-refractivity contribution < 1.29 is 9.21 Å². The van der Waals surface area contributed by atoms with Gasteiger partial charge in [0, 0.05) is 18.5 Å². The van der Waals surface area contributed by atoms with Crippen LogP contribution in [0.4, 0.5) is 0 Å². The van der Waals surface area contributed by atoms with Gasteiger partial charge in [-0.25, -0.2) is 0 Å². The Morgan fingerprint density at radius 3 is 2.75 bits per heavy atom. The summed E-state index contributed by atoms with van der Waals surface area (Å²) in [7, 11) is 1.81. The zero-order chi connectivity index (χ0) is 14.4. The lowest BCUT2D eigenvalue weighted by Crippen LogP contribution is -2.37. The van der Waals surface area contributed by atoms with Crippen molar-refractivity contribution in [3.8, 4) is 0 Å². The van der Waals surface area contributed by atoms with Gasteiger partial charge < -0.3 is 9.32 Å². The van der Waals surface area contributed by atoms with E-state index in [1.54, 1.807) is 22.5 Å². The van der Waals surface area contributed by atoms with Crippen molar-refractivity contribution in [1.82, 2.24) is 9.80 Å². The molecule has 0 aliphatic heterocycles. The molecule has 1 amide bonds. The topological polar surface area (TPSA) is 36.7 Å². The van der Waals surface area contributed by atoms with Crippen molar-refractivity contribution in [2.75, 3.05) is 20.1 Å². The molecule has 0 spiro atoms. The van der Waals surface area contributed by atoms with Crippen LogP contribution in [0.3, 0.4) is 0 Å². The van der Waals surface area contributed by atoms with Gasteiger partial charge in [0.25, 0.3) is 0 Å². The van der Waals surface area contributed by atoms with Gasteiger partial charge in [0.1, 0.15) is 5.76 Å². The lowest BCUT2D eigenvalue weighted by molar-refractivity contribution is -0.132. The Hall–Kier alpha value is -1.59. The number of likely N-dealkylation sites (N-methyl/N-ethyl adjacent to an activating group) is 2. The Labute approximate surface area is 123 Å². The number of furan rings is 1. The fourth-order valence-electron chi connectivity index (χ4n) is 1.94. The highest BCUT2D eigenvalue weighted by Crippen LogP contribution is 2.12. The first-order chi connectivity index (χ1) is 9.69. The fraction of sp³-hybridized carbons (Fsp3) is 0.400. The number of hydrogen-bond donors (Lipinski definition) is 0. The van der Waals surface area contributed by atoms with E-state index in [4.69, 9.17) is 4.42 Å². The summed E-state index contributed by atoms with van der Waals surface area (Å²) in [5, 5.41) is 2.06. The number of rotatable bonds is 7. The molecule has 0 atom stereocenters. The van der Waals surface area contributed by atoms with Crippen molar-refractivity contribution in [1.29, 1.82) is 0 Å². The quantitative estimate of drug-likeness (QED) is 0.787. The van der Waals surface area contributed by atoms with Crippen molar-refractivity contribution in [2.24, 2.45) is 0 Å². The van der Waals surface area contributed by atoms with Gasteiger partial charge in [-0.05, 0) is 30.1 Å². The van der Waals surface area contributed by atoms with Crippen molar-refractivity contribution in [3.63, 3.8) is 0 Å². The van der Waals surface area contributed by atoms with Gasteiger partial charge in [0.15, 0.2) is 0 Å². The maximum absolute atomic E-state index is 12.2. The van der Waals surface area contributed by atoms with Gasteiger partial charge in [-0.15, -0.1) is 11.3 Å². The molecule has 0 aliphatic rings. The minimum atomic E-state index is 0.111. The first-order valence-corrected chi connectivity index (χ1v) is 7.58. The summed E-state index contributed by atoms with van der Waals surface area (Å²) in [5.74, 6) is 0.918. The number of hydrogen-bond acceptors (Lipinski definition) is 4. The third kappa shape index (κ3) is 4.21. The molecule has 0 radical (unpaired) electrons. The summed E-state index contributed by atoms with van der Waals surface area (Å²) in [6.07, 6.45) is 1.63. The van der Waals surface area contributed by atoms with Crippen LogP contribution in [0, 0.1) is 0 Å². The van der Waals surface area contributed by atoms with Crippen molar-refractivity contribution in [2.45, 2.75) is 20.0 Å². The van der Waals surface area contributed by atoms with E-state index in [-0.39, 0.29) is 5.91 Å². The second-order valence-corrected chi connectivity index (χ2v) is 5.74. The predicted molar refractivity (Wildman–Crippen MR) is 80.5 cm³/mol. The van der Waals surface area contributed by atoms with Crippen LogP contribution >= 0.6 is 11.3 Å². The molecule has 0 aliphatic carbocycles. The molecule has 20 heavy (non-hydrogen) atoms. The first-order valence-electron chi connectivity index (χ1n) is 6.70. The Kier molecular flexibility index (Phi) is 5.38. The monoisotopic (exact) mass is 292 g/mol. The average Bonchev–Trinajstić information content (AvgIpc) is 3.11. The fourth-order valence-corrected chi connectivity index (χ4v) is 2.69. The smallest absolute Gasteiger partial charge is 0.236 e. The third-order valence-electron chi connectivity index (χ3n) is 3.16. The highest BCUT2D eigenvalue weighted by atomic mass is 32.1. The van der Waals surface area contributed by atoms with E-state index in [0.717, 1.165) is 18.8 Å². The molecule has 0 fully saturated rings. The van der Waals surface area contributed by atoms with Gasteiger partial charge in [0.05, 0.1) is 19.4 Å². The Morgan fingerprint density at radius 2 is 2.15 bits per heavy atom. The van der Waals surface area contributed by atoms with Crippen LogP contribution in [-0.4, -0.2) is 35.8 Å². The molecule has 0 unspecified atom stereocenters. The minimum Gasteiger partial charge on any atom is -0.467 e. The van der Waals surface area contributed by atoms with Crippen LogP contribution in [0.5, 0.6) is 0 Å². The van der Waals surface area contributed by atoms with Crippen LogP contribution in [-0.2, 0) is 17.9 Å². The molecule has 0 bridgehead atoms. The molecule has 2 rings (SSSR count). The molecule has 2 aromatic rings. The van der Waals surface area contributed by atoms with Crippen molar-refractivity contribution in [3.05, 3.63) is 46.5 Å². The normalized spacial score (nSPS) is 10.9. The first kappa shape index (κ1) is 14.8. The van der Waals surface area contributed by atoms with E-state index in [0.29, 0.717) is 13.1 Å². The maximum Gasteiger partial charge on any atom is 0.236 e. The van der Waals surface area contributed by atoms with Crippen molar-refractivity contribution >= 4 is 17.2 Å². The highest BCUT2D eigenvalue weighted by molar-refractivity contribution is 7.09. The van der Waals surface area contributed by atoms with E-state index < -0.39 is 0 Å². The van der Waals surface area contributed by atoms with E-state index in [1.165, 1.54) is 4.88 Å². The van der Waals surface area contributed by atoms with E-state index in [2.05, 4.69) is 23.3 Å². The second kappa shape index (κ2) is 7.26. The molecular formula is C15H20N2O2S. The molecule has 4 nitrogen and oxygen atoms in total. The maximum atomic E-state index is 12.2. The molecule has 0 saturated carbocycles. The molecule has 2 heterocycles. The van der Waals surface area contributed by atoms with Crippen LogP contribution in [0.1, 0.15) is 17.6 Å². The summed E-state index contributed by atoms with van der Waals surface area (Å²) >= 11 is 1.72. The van der Waals surface area contributed by atoms with Crippen LogP contribution in [0.25, 0.3) is 0 Å². The number of thiophene rings is 1. The molecule has 5 heteroatoms. The molecule has 0 N–H and O–H groups in total. The van der Waals surface area contributed by atoms with Crippen LogP contribution in [0.2, 0.25) is 0 Å². The summed E-state index contributed by atoms with van der Waals surface area (Å²) in [6.45, 7) is 4.72. The lowest BCUT2D eigenvalue weighted by atomic mass is 10.3. The van der Waals surface area contributed by atoms with Gasteiger partial charge in [-0.1, -0.05) is 13.0 Å². The third-order valence-corrected chi connectivity index (χ3v) is 4.03.